The molecule has 1 spiro atoms. The molecule has 0 atom stereocenters. The molecule has 1 fully saturated rings. The molecule has 2 heterocycles. The number of nitrogens with one attached hydrogen (secondary N) is 1. The molecule has 4 rings (SSSR count). The summed E-state index contributed by atoms with van der Waals surface area (Å²) in [5, 5.41) is 2.86. The highest BCUT2D eigenvalue weighted by atomic mass is 19.1. The molecule has 1 N–H and O–H groups in total. The zero-order chi connectivity index (χ0) is 20.6. The minimum atomic E-state index is -0.408. The number of piperidine rings is 1. The first-order valence-electron chi connectivity index (χ1n) is 9.72. The predicted octanol–water partition coefficient (Wildman–Crippen LogP) is 3.73. The van der Waals surface area contributed by atoms with Gasteiger partial charge in [-0.3, -0.25) is 4.79 Å². The maximum atomic E-state index is 13.5. The molecular formula is C22H23F2N3O2. The quantitative estimate of drug-likeness (QED) is 0.837. The lowest BCUT2D eigenvalue weighted by molar-refractivity contribution is 0.0890. The van der Waals surface area contributed by atoms with Crippen LogP contribution in [0, 0.1) is 11.6 Å². The van der Waals surface area contributed by atoms with Crippen LogP contribution >= 0.6 is 0 Å². The van der Waals surface area contributed by atoms with E-state index in [1.165, 1.54) is 24.3 Å². The van der Waals surface area contributed by atoms with E-state index in [0.29, 0.717) is 44.5 Å². The predicted molar refractivity (Wildman–Crippen MR) is 106 cm³/mol. The molecule has 0 aliphatic carbocycles. The molecule has 29 heavy (non-hydrogen) atoms. The first-order chi connectivity index (χ1) is 13.9. The Labute approximate surface area is 168 Å². The highest BCUT2D eigenvalue weighted by Gasteiger charge is 2.45. The van der Waals surface area contributed by atoms with E-state index in [2.05, 4.69) is 10.2 Å². The van der Waals surface area contributed by atoms with E-state index in [-0.39, 0.29) is 23.2 Å². The van der Waals surface area contributed by atoms with E-state index in [4.69, 9.17) is 0 Å². The fourth-order valence-corrected chi connectivity index (χ4v) is 4.32. The van der Waals surface area contributed by atoms with Crippen LogP contribution in [0.25, 0.3) is 0 Å². The molecule has 5 nitrogen and oxygen atoms in total. The molecule has 2 aromatic carbocycles. The Morgan fingerprint density at radius 1 is 1.07 bits per heavy atom. The van der Waals surface area contributed by atoms with Crippen LogP contribution in [-0.4, -0.2) is 42.4 Å². The number of fused-ring (bicyclic) bond motifs is 1. The number of carbonyl (C=O) groups is 2. The number of anilines is 1. The zero-order valence-corrected chi connectivity index (χ0v) is 16.3. The van der Waals surface area contributed by atoms with Gasteiger partial charge < -0.3 is 15.1 Å². The van der Waals surface area contributed by atoms with Crippen LogP contribution in [0.2, 0.25) is 0 Å². The lowest BCUT2D eigenvalue weighted by Crippen LogP contribution is -2.59. The van der Waals surface area contributed by atoms with Crippen molar-refractivity contribution in [1.29, 1.82) is 0 Å². The van der Waals surface area contributed by atoms with E-state index in [9.17, 15) is 18.4 Å². The summed E-state index contributed by atoms with van der Waals surface area (Å²) in [7, 11) is 1.94. The third-order valence-corrected chi connectivity index (χ3v) is 6.16. The van der Waals surface area contributed by atoms with Crippen LogP contribution in [-0.2, 0) is 6.54 Å². The van der Waals surface area contributed by atoms with Gasteiger partial charge in [-0.05, 0) is 48.7 Å². The summed E-state index contributed by atoms with van der Waals surface area (Å²) in [5.74, 6) is -0.766. The first-order valence-corrected chi connectivity index (χ1v) is 9.72. The minimum absolute atomic E-state index is 0.0492. The molecule has 1 saturated heterocycles. The van der Waals surface area contributed by atoms with Gasteiger partial charge in [0.2, 0.25) is 0 Å². The molecule has 152 valence electrons. The normalized spacial score (nSPS) is 18.0. The van der Waals surface area contributed by atoms with Gasteiger partial charge in [-0.15, -0.1) is 0 Å². The van der Waals surface area contributed by atoms with Crippen molar-refractivity contribution in [1.82, 2.24) is 10.2 Å². The lowest BCUT2D eigenvalue weighted by atomic mass is 9.77. The van der Waals surface area contributed by atoms with E-state index >= 15 is 0 Å². The van der Waals surface area contributed by atoms with Crippen molar-refractivity contribution in [2.75, 3.05) is 25.0 Å². The molecule has 7 heteroatoms. The summed E-state index contributed by atoms with van der Waals surface area (Å²) in [6.45, 7) is 1.39. The molecule has 2 aliphatic heterocycles. The first kappa shape index (κ1) is 19.4. The third kappa shape index (κ3) is 3.69. The number of hydrogen-bond acceptors (Lipinski definition) is 3. The van der Waals surface area contributed by atoms with Crippen LogP contribution in [0.1, 0.15) is 35.2 Å². The second kappa shape index (κ2) is 7.46. The number of benzene rings is 2. The average Bonchev–Trinajstić information content (AvgIpc) is 2.72. The Balaban J connectivity index is 1.39. The second-order valence-electron chi connectivity index (χ2n) is 7.82. The van der Waals surface area contributed by atoms with Crippen LogP contribution < -0.4 is 10.2 Å². The monoisotopic (exact) mass is 399 g/mol. The van der Waals surface area contributed by atoms with Gasteiger partial charge in [-0.1, -0.05) is 12.1 Å². The molecular weight excluding hydrogens is 376 g/mol. The molecule has 0 unspecified atom stereocenters. The number of urea groups is 1. The summed E-state index contributed by atoms with van der Waals surface area (Å²) < 4.78 is 26.5. The molecule has 2 aromatic rings. The van der Waals surface area contributed by atoms with Crippen molar-refractivity contribution in [2.24, 2.45) is 0 Å². The van der Waals surface area contributed by atoms with Gasteiger partial charge >= 0.3 is 6.03 Å². The summed E-state index contributed by atoms with van der Waals surface area (Å²) in [6.07, 6.45) is 1.65. The van der Waals surface area contributed by atoms with Gasteiger partial charge in [-0.2, -0.15) is 0 Å². The molecule has 0 aromatic heterocycles. The number of ketones is 1. The highest BCUT2D eigenvalue weighted by Crippen LogP contribution is 2.41. The van der Waals surface area contributed by atoms with Gasteiger partial charge in [-0.25, -0.2) is 13.6 Å². The van der Waals surface area contributed by atoms with Gasteiger partial charge in [0.25, 0.3) is 0 Å². The molecule has 0 radical (unpaired) electrons. The average molecular weight is 399 g/mol. The maximum absolute atomic E-state index is 13.5. The Morgan fingerprint density at radius 3 is 2.41 bits per heavy atom. The van der Waals surface area contributed by atoms with Crippen molar-refractivity contribution in [3.63, 3.8) is 0 Å². The van der Waals surface area contributed by atoms with Gasteiger partial charge in [0.15, 0.2) is 5.78 Å². The van der Waals surface area contributed by atoms with Gasteiger partial charge in [0.1, 0.15) is 11.6 Å². The number of rotatable bonds is 2. The summed E-state index contributed by atoms with van der Waals surface area (Å²) in [5.41, 5.74) is 1.65. The van der Waals surface area contributed by atoms with Crippen LogP contribution in [0.5, 0.6) is 0 Å². The number of Topliss-reactive ketones (excluding diaryl/α,β-unsaturated/α-hetero) is 1. The van der Waals surface area contributed by atoms with E-state index in [1.807, 2.05) is 7.05 Å². The largest absolute Gasteiger partial charge is 0.368 e. The lowest BCUT2D eigenvalue weighted by Gasteiger charge is -2.50. The number of likely N-dealkylation sites (tertiary alicyclic amines) is 1. The molecule has 0 saturated carbocycles. The van der Waals surface area contributed by atoms with E-state index in [1.54, 1.807) is 23.1 Å². The second-order valence-corrected chi connectivity index (χ2v) is 7.82. The Morgan fingerprint density at radius 2 is 1.72 bits per heavy atom. The Hall–Kier alpha value is -2.96. The fourth-order valence-electron chi connectivity index (χ4n) is 4.32. The summed E-state index contributed by atoms with van der Waals surface area (Å²) in [6, 6.07) is 10.2. The maximum Gasteiger partial charge on any atom is 0.317 e. The third-order valence-electron chi connectivity index (χ3n) is 6.16. The van der Waals surface area contributed by atoms with Gasteiger partial charge in [0, 0.05) is 44.4 Å². The number of halogens is 2. The van der Waals surface area contributed by atoms with E-state index in [0.717, 1.165) is 11.3 Å². The van der Waals surface area contributed by atoms with Gasteiger partial charge in [0.05, 0.1) is 5.54 Å². The van der Waals surface area contributed by atoms with Crippen LogP contribution in [0.3, 0.4) is 0 Å². The Bertz CT molecular complexity index is 938. The van der Waals surface area contributed by atoms with Crippen molar-refractivity contribution in [2.45, 2.75) is 31.3 Å². The zero-order valence-electron chi connectivity index (χ0n) is 16.3. The highest BCUT2D eigenvalue weighted by molar-refractivity contribution is 6.04. The number of hydrogen-bond donors (Lipinski definition) is 1. The minimum Gasteiger partial charge on any atom is -0.368 e. The number of carbonyl (C=O) groups excluding carboxylic acids is 2. The van der Waals surface area contributed by atoms with E-state index < -0.39 is 5.82 Å². The van der Waals surface area contributed by atoms with Crippen LogP contribution in [0.4, 0.5) is 19.3 Å². The smallest absolute Gasteiger partial charge is 0.317 e. The Kier molecular flexibility index (Phi) is 4.98. The van der Waals surface area contributed by atoms with Crippen molar-refractivity contribution in [3.8, 4) is 0 Å². The van der Waals surface area contributed by atoms with Crippen molar-refractivity contribution >= 4 is 17.5 Å². The summed E-state index contributed by atoms with van der Waals surface area (Å²) >= 11 is 0. The fraction of sp³-hybridized carbons (Fsp3) is 0.364. The standard InChI is InChI=1S/C22H23F2N3O2/c1-26-19-7-6-17(24)12-18(19)20(28)13-22(26)8-10-27(11-9-22)21(29)25-14-15-2-4-16(23)5-3-15/h2-7,12H,8-11,13-14H2,1H3,(H,25,29). The summed E-state index contributed by atoms with van der Waals surface area (Å²) in [4.78, 5) is 29.0. The number of nitrogens with zero attached hydrogens (tertiary/aromatic N) is 2. The molecule has 2 amide bonds. The topological polar surface area (TPSA) is 52.7 Å². The molecule has 2 aliphatic rings. The SMILES string of the molecule is CN1c2ccc(F)cc2C(=O)CC12CCN(C(=O)NCc1ccc(F)cc1)CC2. The van der Waals surface area contributed by atoms with Crippen LogP contribution in [0.15, 0.2) is 42.5 Å². The number of amides is 2. The molecule has 0 bridgehead atoms. The van der Waals surface area contributed by atoms with Crippen molar-refractivity contribution < 1.29 is 18.4 Å². The van der Waals surface area contributed by atoms with Crippen molar-refractivity contribution in [3.05, 3.63) is 65.2 Å².